The zero-order valence-electron chi connectivity index (χ0n) is 11.5. The van der Waals surface area contributed by atoms with Gasteiger partial charge >= 0.3 is 0 Å². The van der Waals surface area contributed by atoms with E-state index in [4.69, 9.17) is 10.5 Å². The predicted octanol–water partition coefficient (Wildman–Crippen LogP) is 1.46. The smallest absolute Gasteiger partial charge is 0.238 e. The summed E-state index contributed by atoms with van der Waals surface area (Å²) < 4.78 is 5.76. The van der Waals surface area contributed by atoms with E-state index in [1.165, 1.54) is 6.42 Å². The molecular formula is C15H21N3O2. The summed E-state index contributed by atoms with van der Waals surface area (Å²) in [6.07, 6.45) is 3.78. The van der Waals surface area contributed by atoms with Crippen LogP contribution in [-0.4, -0.2) is 42.6 Å². The van der Waals surface area contributed by atoms with Gasteiger partial charge < -0.3 is 15.8 Å². The molecule has 20 heavy (non-hydrogen) atoms. The zero-order valence-corrected chi connectivity index (χ0v) is 11.5. The number of rotatable bonds is 3. The zero-order chi connectivity index (χ0) is 13.9. The number of hydrogen-bond donors (Lipinski definition) is 2. The molecule has 1 heterocycles. The monoisotopic (exact) mass is 275 g/mol. The van der Waals surface area contributed by atoms with Gasteiger partial charge in [0.1, 0.15) is 0 Å². The summed E-state index contributed by atoms with van der Waals surface area (Å²) in [6, 6.07) is 7.69. The first-order valence-corrected chi connectivity index (χ1v) is 7.23. The van der Waals surface area contributed by atoms with Crippen molar-refractivity contribution >= 4 is 17.3 Å². The van der Waals surface area contributed by atoms with E-state index in [-0.39, 0.29) is 5.91 Å². The quantitative estimate of drug-likeness (QED) is 0.820. The lowest BCUT2D eigenvalue weighted by Gasteiger charge is -2.37. The standard InChI is InChI=1S/C15H21N3O2/c16-11-3-1-4-12(9-11)17-15(19)10-18-7-8-20-14-6-2-5-13(14)18/h1,3-4,9,13-14H,2,5-8,10,16H2,(H,17,19). The van der Waals surface area contributed by atoms with Crippen LogP contribution in [0.15, 0.2) is 24.3 Å². The summed E-state index contributed by atoms with van der Waals surface area (Å²) in [5.74, 6) is 0.0168. The van der Waals surface area contributed by atoms with E-state index in [1.807, 2.05) is 12.1 Å². The number of amides is 1. The largest absolute Gasteiger partial charge is 0.399 e. The first-order chi connectivity index (χ1) is 9.72. The van der Waals surface area contributed by atoms with Crippen molar-refractivity contribution < 1.29 is 9.53 Å². The molecule has 1 amide bonds. The number of benzene rings is 1. The van der Waals surface area contributed by atoms with E-state index < -0.39 is 0 Å². The van der Waals surface area contributed by atoms with E-state index in [1.54, 1.807) is 12.1 Å². The summed E-state index contributed by atoms with van der Waals surface area (Å²) >= 11 is 0. The fourth-order valence-corrected chi connectivity index (χ4v) is 3.20. The number of carbonyl (C=O) groups is 1. The summed E-state index contributed by atoms with van der Waals surface area (Å²) in [4.78, 5) is 14.4. The maximum Gasteiger partial charge on any atom is 0.238 e. The van der Waals surface area contributed by atoms with Gasteiger partial charge in [0, 0.05) is 24.0 Å². The van der Waals surface area contributed by atoms with Crippen LogP contribution < -0.4 is 11.1 Å². The second kappa shape index (κ2) is 5.81. The Balaban J connectivity index is 1.58. The predicted molar refractivity (Wildman–Crippen MR) is 78.4 cm³/mol. The van der Waals surface area contributed by atoms with Crippen molar-refractivity contribution in [2.45, 2.75) is 31.4 Å². The van der Waals surface area contributed by atoms with Gasteiger partial charge in [0.25, 0.3) is 0 Å². The minimum absolute atomic E-state index is 0.0168. The lowest BCUT2D eigenvalue weighted by molar-refractivity contribution is -0.121. The Labute approximate surface area is 119 Å². The fourth-order valence-electron chi connectivity index (χ4n) is 3.20. The number of nitrogens with zero attached hydrogens (tertiary/aromatic N) is 1. The summed E-state index contributed by atoms with van der Waals surface area (Å²) in [6.45, 7) is 2.00. The number of anilines is 2. The van der Waals surface area contributed by atoms with Gasteiger partial charge in [0.05, 0.1) is 19.3 Å². The fraction of sp³-hybridized carbons (Fsp3) is 0.533. The minimum Gasteiger partial charge on any atom is -0.399 e. The normalized spacial score (nSPS) is 26.2. The van der Waals surface area contributed by atoms with Crippen LogP contribution in [0, 0.1) is 0 Å². The van der Waals surface area contributed by atoms with Crippen molar-refractivity contribution in [3.05, 3.63) is 24.3 Å². The van der Waals surface area contributed by atoms with Crippen molar-refractivity contribution in [2.24, 2.45) is 0 Å². The molecule has 1 aromatic rings. The number of carbonyl (C=O) groups excluding carboxylic acids is 1. The molecule has 0 spiro atoms. The van der Waals surface area contributed by atoms with Gasteiger partial charge in [-0.25, -0.2) is 0 Å². The lowest BCUT2D eigenvalue weighted by atomic mass is 10.1. The summed E-state index contributed by atoms with van der Waals surface area (Å²) in [5, 5.41) is 2.91. The molecule has 1 aliphatic heterocycles. The van der Waals surface area contributed by atoms with Crippen LogP contribution in [0.1, 0.15) is 19.3 Å². The van der Waals surface area contributed by atoms with Crippen LogP contribution in [0.3, 0.4) is 0 Å². The number of nitrogen functional groups attached to an aromatic ring is 1. The van der Waals surface area contributed by atoms with Gasteiger partial charge in [-0.1, -0.05) is 6.07 Å². The van der Waals surface area contributed by atoms with E-state index in [9.17, 15) is 4.79 Å². The molecule has 3 N–H and O–H groups in total. The second-order valence-corrected chi connectivity index (χ2v) is 5.55. The highest BCUT2D eigenvalue weighted by Gasteiger charge is 2.36. The summed E-state index contributed by atoms with van der Waals surface area (Å²) in [5.41, 5.74) is 7.12. The van der Waals surface area contributed by atoms with Crippen LogP contribution in [0.4, 0.5) is 11.4 Å². The topological polar surface area (TPSA) is 67.6 Å². The molecule has 2 unspecified atom stereocenters. The number of morpholine rings is 1. The van der Waals surface area contributed by atoms with Crippen molar-refractivity contribution in [3.63, 3.8) is 0 Å². The second-order valence-electron chi connectivity index (χ2n) is 5.55. The van der Waals surface area contributed by atoms with E-state index in [0.29, 0.717) is 24.4 Å². The van der Waals surface area contributed by atoms with Gasteiger partial charge in [-0.15, -0.1) is 0 Å². The molecule has 1 aliphatic carbocycles. The van der Waals surface area contributed by atoms with Crippen LogP contribution in [0.2, 0.25) is 0 Å². The number of nitrogens with one attached hydrogen (secondary N) is 1. The molecule has 2 fully saturated rings. The average Bonchev–Trinajstić information content (AvgIpc) is 2.88. The Bertz CT molecular complexity index is 492. The summed E-state index contributed by atoms with van der Waals surface area (Å²) in [7, 11) is 0. The Morgan fingerprint density at radius 2 is 2.35 bits per heavy atom. The van der Waals surface area contributed by atoms with E-state index in [0.717, 1.165) is 31.7 Å². The highest BCUT2D eigenvalue weighted by atomic mass is 16.5. The van der Waals surface area contributed by atoms with E-state index >= 15 is 0 Å². The SMILES string of the molecule is Nc1cccc(NC(=O)CN2CCOC3CCCC32)c1. The van der Waals surface area contributed by atoms with Gasteiger partial charge in [0.2, 0.25) is 5.91 Å². The van der Waals surface area contributed by atoms with Crippen molar-refractivity contribution in [1.29, 1.82) is 0 Å². The van der Waals surface area contributed by atoms with Gasteiger partial charge in [-0.3, -0.25) is 9.69 Å². The van der Waals surface area contributed by atoms with Gasteiger partial charge in [-0.2, -0.15) is 0 Å². The van der Waals surface area contributed by atoms with Crippen molar-refractivity contribution in [1.82, 2.24) is 4.90 Å². The molecule has 108 valence electrons. The Hall–Kier alpha value is -1.59. The lowest BCUT2D eigenvalue weighted by Crippen LogP contribution is -2.51. The van der Waals surface area contributed by atoms with Crippen molar-refractivity contribution in [3.8, 4) is 0 Å². The highest BCUT2D eigenvalue weighted by molar-refractivity contribution is 5.92. The third kappa shape index (κ3) is 2.94. The number of ether oxygens (including phenoxy) is 1. The maximum absolute atomic E-state index is 12.1. The molecule has 1 saturated heterocycles. The molecule has 2 atom stereocenters. The van der Waals surface area contributed by atoms with Crippen molar-refractivity contribution in [2.75, 3.05) is 30.7 Å². The molecule has 0 radical (unpaired) electrons. The minimum atomic E-state index is 0.0168. The molecule has 1 aromatic carbocycles. The molecule has 5 heteroatoms. The van der Waals surface area contributed by atoms with Crippen LogP contribution in [0.25, 0.3) is 0 Å². The van der Waals surface area contributed by atoms with Gasteiger partial charge in [-0.05, 0) is 37.5 Å². The highest BCUT2D eigenvalue weighted by Crippen LogP contribution is 2.29. The number of nitrogens with two attached hydrogens (primary N) is 1. The first kappa shape index (κ1) is 13.4. The molecule has 1 saturated carbocycles. The molecule has 2 aliphatic rings. The third-order valence-corrected chi connectivity index (χ3v) is 4.11. The maximum atomic E-state index is 12.1. The first-order valence-electron chi connectivity index (χ1n) is 7.23. The average molecular weight is 275 g/mol. The number of hydrogen-bond acceptors (Lipinski definition) is 4. The van der Waals surface area contributed by atoms with Crippen LogP contribution in [0.5, 0.6) is 0 Å². The third-order valence-electron chi connectivity index (χ3n) is 4.11. The molecular weight excluding hydrogens is 254 g/mol. The Kier molecular flexibility index (Phi) is 3.89. The molecule has 0 aromatic heterocycles. The van der Waals surface area contributed by atoms with Crippen LogP contribution in [-0.2, 0) is 9.53 Å². The molecule has 5 nitrogen and oxygen atoms in total. The Morgan fingerprint density at radius 3 is 3.20 bits per heavy atom. The molecule has 0 bridgehead atoms. The molecule has 3 rings (SSSR count). The Morgan fingerprint density at radius 1 is 1.45 bits per heavy atom. The number of fused-ring (bicyclic) bond motifs is 1. The van der Waals surface area contributed by atoms with Gasteiger partial charge in [0.15, 0.2) is 0 Å². The van der Waals surface area contributed by atoms with Crippen LogP contribution >= 0.6 is 0 Å². The van der Waals surface area contributed by atoms with E-state index in [2.05, 4.69) is 10.2 Å².